The van der Waals surface area contributed by atoms with Crippen LogP contribution in [0.2, 0.25) is 0 Å². The number of amides is 1. The van der Waals surface area contributed by atoms with Gasteiger partial charge in [-0.1, -0.05) is 6.92 Å². The number of likely N-dealkylation sites (N-methyl/N-ethyl adjacent to an activating group) is 1. The molecule has 0 spiro atoms. The fourth-order valence-corrected chi connectivity index (χ4v) is 2.94. The van der Waals surface area contributed by atoms with Crippen LogP contribution < -0.4 is 14.8 Å². The normalized spacial score (nSPS) is 18.2. The standard InChI is InChI=1S/C17H26N2O3/c1-4-19-10-6-7-14(19)12-18-17(20)13-8-9-15(21-3)16(11-13)22-5-2/h8-9,11,14H,4-7,10,12H2,1-3H3,(H,18,20). The highest BCUT2D eigenvalue weighted by Crippen LogP contribution is 2.28. The zero-order valence-corrected chi connectivity index (χ0v) is 13.7. The van der Waals surface area contributed by atoms with Gasteiger partial charge in [-0.15, -0.1) is 0 Å². The summed E-state index contributed by atoms with van der Waals surface area (Å²) in [7, 11) is 1.59. The molecule has 1 aromatic carbocycles. The highest BCUT2D eigenvalue weighted by atomic mass is 16.5. The van der Waals surface area contributed by atoms with Gasteiger partial charge in [-0.3, -0.25) is 9.69 Å². The van der Waals surface area contributed by atoms with E-state index in [9.17, 15) is 4.79 Å². The van der Waals surface area contributed by atoms with Crippen LogP contribution in [0.3, 0.4) is 0 Å². The molecular weight excluding hydrogens is 280 g/mol. The number of ether oxygens (including phenoxy) is 2. The van der Waals surface area contributed by atoms with Crippen molar-refractivity contribution >= 4 is 5.91 Å². The number of likely N-dealkylation sites (tertiary alicyclic amines) is 1. The zero-order valence-electron chi connectivity index (χ0n) is 13.7. The quantitative estimate of drug-likeness (QED) is 0.840. The van der Waals surface area contributed by atoms with E-state index < -0.39 is 0 Å². The second-order valence-electron chi connectivity index (χ2n) is 5.43. The van der Waals surface area contributed by atoms with Crippen molar-refractivity contribution in [2.24, 2.45) is 0 Å². The first-order valence-corrected chi connectivity index (χ1v) is 8.02. The molecule has 1 unspecified atom stereocenters. The zero-order chi connectivity index (χ0) is 15.9. The molecule has 1 aliphatic heterocycles. The van der Waals surface area contributed by atoms with Crippen LogP contribution in [-0.2, 0) is 0 Å². The molecule has 0 saturated carbocycles. The van der Waals surface area contributed by atoms with E-state index in [-0.39, 0.29) is 5.91 Å². The van der Waals surface area contributed by atoms with Gasteiger partial charge in [0, 0.05) is 18.2 Å². The predicted octanol–water partition coefficient (Wildman–Crippen LogP) is 2.31. The third-order valence-corrected chi connectivity index (χ3v) is 4.13. The number of carbonyl (C=O) groups is 1. The first kappa shape index (κ1) is 16.6. The van der Waals surface area contributed by atoms with Crippen LogP contribution in [-0.4, -0.2) is 50.2 Å². The molecule has 0 aliphatic carbocycles. The van der Waals surface area contributed by atoms with Crippen molar-refractivity contribution in [2.45, 2.75) is 32.7 Å². The fraction of sp³-hybridized carbons (Fsp3) is 0.588. The maximum atomic E-state index is 12.3. The minimum absolute atomic E-state index is 0.0634. The molecule has 1 fully saturated rings. The molecule has 1 heterocycles. The van der Waals surface area contributed by atoms with Crippen LogP contribution in [0.15, 0.2) is 18.2 Å². The second kappa shape index (κ2) is 8.03. The van der Waals surface area contributed by atoms with Crippen LogP contribution in [0.1, 0.15) is 37.0 Å². The van der Waals surface area contributed by atoms with Crippen molar-refractivity contribution in [1.29, 1.82) is 0 Å². The van der Waals surface area contributed by atoms with Crippen molar-refractivity contribution < 1.29 is 14.3 Å². The van der Waals surface area contributed by atoms with Crippen molar-refractivity contribution in [1.82, 2.24) is 10.2 Å². The third-order valence-electron chi connectivity index (χ3n) is 4.13. The van der Waals surface area contributed by atoms with E-state index >= 15 is 0 Å². The van der Waals surface area contributed by atoms with Crippen molar-refractivity contribution in [3.05, 3.63) is 23.8 Å². The third kappa shape index (κ3) is 3.91. The number of nitrogens with one attached hydrogen (secondary N) is 1. The Labute approximate surface area is 132 Å². The van der Waals surface area contributed by atoms with E-state index in [0.29, 0.717) is 36.3 Å². The largest absolute Gasteiger partial charge is 0.493 e. The van der Waals surface area contributed by atoms with Crippen molar-refractivity contribution in [3.63, 3.8) is 0 Å². The summed E-state index contributed by atoms with van der Waals surface area (Å²) in [6, 6.07) is 5.74. The van der Waals surface area contributed by atoms with Crippen LogP contribution in [0.4, 0.5) is 0 Å². The number of hydrogen-bond donors (Lipinski definition) is 1. The average molecular weight is 306 g/mol. The van der Waals surface area contributed by atoms with Crippen LogP contribution in [0.25, 0.3) is 0 Å². The maximum absolute atomic E-state index is 12.3. The van der Waals surface area contributed by atoms with E-state index in [1.54, 1.807) is 25.3 Å². The molecule has 1 N–H and O–H groups in total. The molecule has 5 heteroatoms. The number of benzene rings is 1. The van der Waals surface area contributed by atoms with Crippen LogP contribution in [0.5, 0.6) is 11.5 Å². The van der Waals surface area contributed by atoms with E-state index in [1.165, 1.54) is 6.42 Å². The summed E-state index contributed by atoms with van der Waals surface area (Å²) in [5.41, 5.74) is 0.602. The highest BCUT2D eigenvalue weighted by molar-refractivity contribution is 5.94. The molecule has 122 valence electrons. The molecule has 0 radical (unpaired) electrons. The van der Waals surface area contributed by atoms with E-state index in [2.05, 4.69) is 17.1 Å². The van der Waals surface area contributed by atoms with E-state index in [1.807, 2.05) is 6.92 Å². The molecule has 1 aromatic rings. The number of methoxy groups -OCH3 is 1. The van der Waals surface area contributed by atoms with Gasteiger partial charge < -0.3 is 14.8 Å². The first-order chi connectivity index (χ1) is 10.7. The molecule has 5 nitrogen and oxygen atoms in total. The Balaban J connectivity index is 1.98. The summed E-state index contributed by atoms with van der Waals surface area (Å²) in [6.45, 7) is 7.48. The van der Waals surface area contributed by atoms with Crippen LogP contribution >= 0.6 is 0 Å². The first-order valence-electron chi connectivity index (χ1n) is 8.02. The topological polar surface area (TPSA) is 50.8 Å². The molecule has 2 rings (SSSR count). The molecule has 1 aliphatic rings. The lowest BCUT2D eigenvalue weighted by Crippen LogP contribution is -2.40. The highest BCUT2D eigenvalue weighted by Gasteiger charge is 2.23. The lowest BCUT2D eigenvalue weighted by atomic mass is 10.1. The van der Waals surface area contributed by atoms with Gasteiger partial charge in [-0.05, 0) is 51.1 Å². The minimum atomic E-state index is -0.0634. The summed E-state index contributed by atoms with van der Waals surface area (Å²) in [5, 5.41) is 3.04. The molecule has 0 aromatic heterocycles. The lowest BCUT2D eigenvalue weighted by Gasteiger charge is -2.23. The molecule has 0 bridgehead atoms. The molecule has 1 amide bonds. The average Bonchev–Trinajstić information content (AvgIpc) is 3.00. The summed E-state index contributed by atoms with van der Waals surface area (Å²) >= 11 is 0. The number of carbonyl (C=O) groups excluding carboxylic acids is 1. The molecule has 1 saturated heterocycles. The predicted molar refractivity (Wildman–Crippen MR) is 86.8 cm³/mol. The summed E-state index contributed by atoms with van der Waals surface area (Å²) in [6.07, 6.45) is 2.37. The minimum Gasteiger partial charge on any atom is -0.493 e. The molecular formula is C17H26N2O3. The second-order valence-corrected chi connectivity index (χ2v) is 5.43. The number of rotatable bonds is 7. The van der Waals surface area contributed by atoms with Gasteiger partial charge in [0.25, 0.3) is 5.91 Å². The van der Waals surface area contributed by atoms with E-state index in [0.717, 1.165) is 19.5 Å². The van der Waals surface area contributed by atoms with Gasteiger partial charge in [0.05, 0.1) is 13.7 Å². The van der Waals surface area contributed by atoms with Gasteiger partial charge in [0.2, 0.25) is 0 Å². The van der Waals surface area contributed by atoms with Gasteiger partial charge in [0.15, 0.2) is 11.5 Å². The van der Waals surface area contributed by atoms with Crippen molar-refractivity contribution in [2.75, 3.05) is 33.4 Å². The van der Waals surface area contributed by atoms with Gasteiger partial charge in [-0.2, -0.15) is 0 Å². The smallest absolute Gasteiger partial charge is 0.251 e. The Morgan fingerprint density at radius 3 is 2.86 bits per heavy atom. The Kier molecular flexibility index (Phi) is 6.07. The Morgan fingerprint density at radius 1 is 1.36 bits per heavy atom. The van der Waals surface area contributed by atoms with Crippen molar-refractivity contribution in [3.8, 4) is 11.5 Å². The summed E-state index contributed by atoms with van der Waals surface area (Å²) < 4.78 is 10.8. The Morgan fingerprint density at radius 2 is 2.18 bits per heavy atom. The van der Waals surface area contributed by atoms with Crippen LogP contribution in [0, 0.1) is 0 Å². The lowest BCUT2D eigenvalue weighted by molar-refractivity contribution is 0.0941. The van der Waals surface area contributed by atoms with Gasteiger partial charge in [-0.25, -0.2) is 0 Å². The fourth-order valence-electron chi connectivity index (χ4n) is 2.94. The molecule has 22 heavy (non-hydrogen) atoms. The van der Waals surface area contributed by atoms with Gasteiger partial charge >= 0.3 is 0 Å². The monoisotopic (exact) mass is 306 g/mol. The molecule has 1 atom stereocenters. The number of nitrogens with zero attached hydrogens (tertiary/aromatic N) is 1. The number of hydrogen-bond acceptors (Lipinski definition) is 4. The summed E-state index contributed by atoms with van der Waals surface area (Å²) in [5.74, 6) is 1.19. The maximum Gasteiger partial charge on any atom is 0.251 e. The van der Waals surface area contributed by atoms with Gasteiger partial charge in [0.1, 0.15) is 0 Å². The Hall–Kier alpha value is -1.75. The van der Waals surface area contributed by atoms with E-state index in [4.69, 9.17) is 9.47 Å². The Bertz CT molecular complexity index is 505. The summed E-state index contributed by atoms with van der Waals surface area (Å²) in [4.78, 5) is 14.7. The SMILES string of the molecule is CCOc1cc(C(=O)NCC2CCCN2CC)ccc1OC.